The maximum Gasteiger partial charge on any atom is 0.425 e. The Balaban J connectivity index is 3.02. The van der Waals surface area contributed by atoms with Gasteiger partial charge in [-0.25, -0.2) is 5.84 Å². The molecule has 100 valence electrons. The molecule has 0 aliphatic rings. The van der Waals surface area contributed by atoms with Crippen molar-refractivity contribution in [3.05, 3.63) is 22.2 Å². The van der Waals surface area contributed by atoms with Crippen LogP contribution in [0.4, 0.5) is 24.7 Å². The van der Waals surface area contributed by atoms with E-state index in [-0.39, 0.29) is 5.82 Å². The summed E-state index contributed by atoms with van der Waals surface area (Å²) in [6.07, 6.45) is -6.74. The zero-order valence-electron chi connectivity index (χ0n) is 9.06. The van der Waals surface area contributed by atoms with Crippen molar-refractivity contribution in [1.82, 2.24) is 4.98 Å². The van der Waals surface area contributed by atoms with E-state index in [9.17, 15) is 23.3 Å². The van der Waals surface area contributed by atoms with Gasteiger partial charge in [0.15, 0.2) is 11.9 Å². The van der Waals surface area contributed by atoms with Gasteiger partial charge in [0.05, 0.1) is 17.1 Å². The summed E-state index contributed by atoms with van der Waals surface area (Å²) >= 11 is 0. The molecule has 0 aromatic carbocycles. The number of ether oxygens (including phenoxy) is 1. The van der Waals surface area contributed by atoms with Gasteiger partial charge in [0.1, 0.15) is 0 Å². The Kier molecular flexibility index (Phi) is 3.91. The van der Waals surface area contributed by atoms with E-state index in [1.54, 1.807) is 0 Å². The van der Waals surface area contributed by atoms with Gasteiger partial charge in [0.2, 0.25) is 5.88 Å². The number of hydrazine groups is 1. The van der Waals surface area contributed by atoms with Crippen molar-refractivity contribution >= 4 is 11.5 Å². The molecule has 1 unspecified atom stereocenters. The van der Waals surface area contributed by atoms with Crippen LogP contribution in [-0.4, -0.2) is 22.2 Å². The molecule has 0 aliphatic heterocycles. The van der Waals surface area contributed by atoms with E-state index in [0.717, 1.165) is 19.1 Å². The largest absolute Gasteiger partial charge is 0.465 e. The number of nitro groups is 1. The smallest absolute Gasteiger partial charge is 0.425 e. The number of pyridine rings is 1. The van der Waals surface area contributed by atoms with Gasteiger partial charge in [-0.2, -0.15) is 18.2 Å². The fraction of sp³-hybridized carbons (Fsp3) is 0.375. The number of anilines is 1. The van der Waals surface area contributed by atoms with E-state index < -0.39 is 28.8 Å². The average Bonchev–Trinajstić information content (AvgIpc) is 2.27. The van der Waals surface area contributed by atoms with Gasteiger partial charge in [0, 0.05) is 0 Å². The molecule has 10 heteroatoms. The molecule has 1 heterocycles. The monoisotopic (exact) mass is 266 g/mol. The Bertz CT molecular complexity index is 452. The zero-order chi connectivity index (χ0) is 13.9. The average molecular weight is 266 g/mol. The minimum atomic E-state index is -4.59. The van der Waals surface area contributed by atoms with Gasteiger partial charge in [-0.05, 0) is 6.92 Å². The van der Waals surface area contributed by atoms with E-state index in [1.165, 1.54) is 0 Å². The van der Waals surface area contributed by atoms with Crippen LogP contribution >= 0.6 is 0 Å². The van der Waals surface area contributed by atoms with Gasteiger partial charge >= 0.3 is 6.18 Å². The van der Waals surface area contributed by atoms with Crippen LogP contribution in [0.5, 0.6) is 5.88 Å². The highest BCUT2D eigenvalue weighted by Gasteiger charge is 2.38. The number of alkyl halides is 3. The highest BCUT2D eigenvalue weighted by Crippen LogP contribution is 2.27. The normalized spacial score (nSPS) is 12.9. The molecule has 3 N–H and O–H groups in total. The molecular formula is C8H9F3N4O3. The molecule has 0 saturated carbocycles. The molecule has 7 nitrogen and oxygen atoms in total. The second-order valence-corrected chi connectivity index (χ2v) is 3.25. The second kappa shape index (κ2) is 5.04. The lowest BCUT2D eigenvalue weighted by atomic mass is 10.3. The summed E-state index contributed by atoms with van der Waals surface area (Å²) < 4.78 is 41.2. The second-order valence-electron chi connectivity index (χ2n) is 3.25. The van der Waals surface area contributed by atoms with Gasteiger partial charge in [0.25, 0.3) is 5.69 Å². The summed E-state index contributed by atoms with van der Waals surface area (Å²) in [4.78, 5) is 13.3. The van der Waals surface area contributed by atoms with Crippen molar-refractivity contribution in [2.24, 2.45) is 5.84 Å². The molecular weight excluding hydrogens is 257 g/mol. The summed E-state index contributed by atoms with van der Waals surface area (Å²) in [5.41, 5.74) is 1.51. The lowest BCUT2D eigenvalue weighted by Crippen LogP contribution is -2.31. The highest BCUT2D eigenvalue weighted by atomic mass is 19.4. The number of nitrogen functional groups attached to an aromatic ring is 1. The van der Waals surface area contributed by atoms with E-state index in [4.69, 9.17) is 5.84 Å². The van der Waals surface area contributed by atoms with Crippen LogP contribution in [0.15, 0.2) is 12.1 Å². The number of nitrogens with two attached hydrogens (primary N) is 1. The van der Waals surface area contributed by atoms with E-state index >= 15 is 0 Å². The molecule has 1 atom stereocenters. The van der Waals surface area contributed by atoms with Crippen LogP contribution in [0.25, 0.3) is 0 Å². The molecule has 0 amide bonds. The molecule has 0 saturated heterocycles. The first-order chi connectivity index (χ1) is 8.24. The minimum absolute atomic E-state index is 0.173. The first kappa shape index (κ1) is 14.0. The first-order valence-electron chi connectivity index (χ1n) is 4.60. The number of aromatic nitrogens is 1. The topological polar surface area (TPSA) is 103 Å². The van der Waals surface area contributed by atoms with Gasteiger partial charge in [-0.15, -0.1) is 0 Å². The number of halogens is 3. The third-order valence-electron chi connectivity index (χ3n) is 1.90. The lowest BCUT2D eigenvalue weighted by Gasteiger charge is -2.17. The van der Waals surface area contributed by atoms with Crippen molar-refractivity contribution in [1.29, 1.82) is 0 Å². The van der Waals surface area contributed by atoms with Crippen molar-refractivity contribution in [2.75, 3.05) is 5.43 Å². The molecule has 0 aliphatic carbocycles. The third kappa shape index (κ3) is 3.45. The maximum atomic E-state index is 12.2. The fourth-order valence-corrected chi connectivity index (χ4v) is 0.979. The Morgan fingerprint density at radius 3 is 2.61 bits per heavy atom. The highest BCUT2D eigenvalue weighted by molar-refractivity contribution is 5.47. The van der Waals surface area contributed by atoms with Crippen LogP contribution in [0.2, 0.25) is 0 Å². The van der Waals surface area contributed by atoms with E-state index in [0.29, 0.717) is 0 Å². The minimum Gasteiger partial charge on any atom is -0.465 e. The molecule has 0 bridgehead atoms. The fourth-order valence-electron chi connectivity index (χ4n) is 0.979. The zero-order valence-corrected chi connectivity index (χ0v) is 9.06. The van der Waals surface area contributed by atoms with Crippen molar-refractivity contribution in [2.45, 2.75) is 19.2 Å². The van der Waals surface area contributed by atoms with Crippen LogP contribution in [0.3, 0.4) is 0 Å². The van der Waals surface area contributed by atoms with Gasteiger partial charge < -0.3 is 10.2 Å². The standard InChI is InChI=1S/C8H9F3N4O3/c1-4(8(9,10)11)18-7-3-5(15(16)17)2-6(13-7)14-12/h2-4H,12H2,1H3,(H,13,14). The van der Waals surface area contributed by atoms with Crippen molar-refractivity contribution in [3.63, 3.8) is 0 Å². The molecule has 0 radical (unpaired) electrons. The first-order valence-corrected chi connectivity index (χ1v) is 4.60. The van der Waals surface area contributed by atoms with E-state index in [2.05, 4.69) is 9.72 Å². The Labute approximate surface area is 98.9 Å². The molecule has 1 aromatic rings. The molecule has 18 heavy (non-hydrogen) atoms. The maximum absolute atomic E-state index is 12.2. The number of hydrogen-bond acceptors (Lipinski definition) is 6. The predicted molar refractivity (Wildman–Crippen MR) is 54.8 cm³/mol. The van der Waals surface area contributed by atoms with E-state index in [1.807, 2.05) is 5.43 Å². The Morgan fingerprint density at radius 2 is 2.17 bits per heavy atom. The summed E-state index contributed by atoms with van der Waals surface area (Å²) in [6.45, 7) is 0.760. The lowest BCUT2D eigenvalue weighted by molar-refractivity contribution is -0.385. The number of rotatable bonds is 4. The quantitative estimate of drug-likeness (QED) is 0.487. The summed E-state index contributed by atoms with van der Waals surface area (Å²) in [5, 5.41) is 10.5. The Hall–Kier alpha value is -2.10. The Morgan fingerprint density at radius 1 is 1.56 bits per heavy atom. The summed E-state index contributed by atoms with van der Waals surface area (Å²) in [5.74, 6) is 4.28. The summed E-state index contributed by atoms with van der Waals surface area (Å²) in [6, 6.07) is 1.74. The molecule has 0 spiro atoms. The third-order valence-corrected chi connectivity index (χ3v) is 1.90. The van der Waals surface area contributed by atoms with Crippen LogP contribution in [0.1, 0.15) is 6.92 Å². The van der Waals surface area contributed by atoms with Crippen LogP contribution < -0.4 is 16.0 Å². The van der Waals surface area contributed by atoms with Gasteiger partial charge in [-0.3, -0.25) is 10.1 Å². The molecule has 1 aromatic heterocycles. The molecule has 0 fully saturated rings. The molecule has 1 rings (SSSR count). The SMILES string of the molecule is CC(Oc1cc([N+](=O)[O-])cc(NN)n1)C(F)(F)F. The van der Waals surface area contributed by atoms with Crippen LogP contribution in [0, 0.1) is 10.1 Å². The van der Waals surface area contributed by atoms with Gasteiger partial charge in [-0.1, -0.05) is 0 Å². The number of nitrogens with one attached hydrogen (secondary N) is 1. The van der Waals surface area contributed by atoms with Crippen molar-refractivity contribution < 1.29 is 22.8 Å². The predicted octanol–water partition coefficient (Wildman–Crippen LogP) is 1.60. The number of nitrogens with zero attached hydrogens (tertiary/aromatic N) is 2. The van der Waals surface area contributed by atoms with Crippen LogP contribution in [-0.2, 0) is 0 Å². The summed E-state index contributed by atoms with van der Waals surface area (Å²) in [7, 11) is 0. The van der Waals surface area contributed by atoms with Crippen molar-refractivity contribution in [3.8, 4) is 5.88 Å². The number of hydrogen-bond donors (Lipinski definition) is 2.